The predicted molar refractivity (Wildman–Crippen MR) is 128 cm³/mol. The second kappa shape index (κ2) is 7.38. The zero-order valence-corrected chi connectivity index (χ0v) is 20.4. The van der Waals surface area contributed by atoms with Gasteiger partial charge in [-0.3, -0.25) is 9.78 Å². The quantitative estimate of drug-likeness (QED) is 0.552. The van der Waals surface area contributed by atoms with Gasteiger partial charge in [-0.05, 0) is 85.7 Å². The topological polar surface area (TPSA) is 46.1 Å². The minimum Gasteiger partial charge on any atom is -0.342 e. The third kappa shape index (κ3) is 2.89. The molecule has 3 saturated carbocycles. The minimum atomic E-state index is 0.303. The Labute approximate surface area is 195 Å². The fourth-order valence-corrected chi connectivity index (χ4v) is 9.54. The van der Waals surface area contributed by atoms with Gasteiger partial charge in [0.15, 0.2) is 0 Å². The molecule has 6 rings (SSSR count). The summed E-state index contributed by atoms with van der Waals surface area (Å²) < 4.78 is 0. The van der Waals surface area contributed by atoms with E-state index in [2.05, 4.69) is 42.2 Å². The molecule has 0 radical (unpaired) electrons. The first-order chi connectivity index (χ1) is 15.4. The van der Waals surface area contributed by atoms with Crippen LogP contribution in [0.2, 0.25) is 0 Å². The molecule has 0 unspecified atom stereocenters. The van der Waals surface area contributed by atoms with E-state index in [1.165, 1.54) is 44.2 Å². The van der Waals surface area contributed by atoms with Crippen molar-refractivity contribution in [3.05, 3.63) is 35.5 Å². The molecule has 4 nitrogen and oxygen atoms in total. The Morgan fingerprint density at radius 1 is 1.03 bits per heavy atom. The first-order valence-corrected chi connectivity index (χ1v) is 13.4. The van der Waals surface area contributed by atoms with E-state index in [0.717, 1.165) is 41.3 Å². The molecule has 7 atom stereocenters. The van der Waals surface area contributed by atoms with Gasteiger partial charge in [0.25, 0.3) is 0 Å². The second-order valence-electron chi connectivity index (χ2n) is 11.4. The molecule has 1 saturated heterocycles. The molecule has 2 aromatic rings. The van der Waals surface area contributed by atoms with Crippen molar-refractivity contribution in [2.75, 3.05) is 7.05 Å². The summed E-state index contributed by atoms with van der Waals surface area (Å²) in [6, 6.07) is 6.53. The number of piperidine rings is 1. The second-order valence-corrected chi connectivity index (χ2v) is 12.3. The average Bonchev–Trinajstić information content (AvgIpc) is 3.41. The lowest BCUT2D eigenvalue weighted by atomic mass is 9.46. The van der Waals surface area contributed by atoms with E-state index in [1.54, 1.807) is 11.3 Å². The third-order valence-corrected chi connectivity index (χ3v) is 11.2. The molecule has 4 aliphatic rings. The molecule has 1 amide bonds. The summed E-state index contributed by atoms with van der Waals surface area (Å²) in [6.07, 6.45) is 11.4. The summed E-state index contributed by atoms with van der Waals surface area (Å²) in [5, 5.41) is 3.37. The average molecular weight is 450 g/mol. The molecule has 0 N–H and O–H groups in total. The van der Waals surface area contributed by atoms with Gasteiger partial charge < -0.3 is 4.90 Å². The Bertz CT molecular complexity index is 1020. The predicted octanol–water partition coefficient (Wildman–Crippen LogP) is 6.15. The van der Waals surface area contributed by atoms with Crippen molar-refractivity contribution in [1.29, 1.82) is 0 Å². The van der Waals surface area contributed by atoms with E-state index in [4.69, 9.17) is 4.98 Å². The van der Waals surface area contributed by atoms with Crippen LogP contribution in [-0.4, -0.2) is 33.9 Å². The maximum Gasteiger partial charge on any atom is 0.222 e. The zero-order valence-electron chi connectivity index (χ0n) is 19.6. The maximum atomic E-state index is 12.4. The van der Waals surface area contributed by atoms with Crippen LogP contribution in [0.15, 0.2) is 29.8 Å². The normalized spacial score (nSPS) is 41.2. The number of rotatable bonds is 2. The fraction of sp³-hybridized carbons (Fsp3) is 0.667. The van der Waals surface area contributed by atoms with Crippen LogP contribution in [0.5, 0.6) is 0 Å². The van der Waals surface area contributed by atoms with E-state index < -0.39 is 0 Å². The van der Waals surface area contributed by atoms with Crippen LogP contribution in [0.3, 0.4) is 0 Å². The van der Waals surface area contributed by atoms with Crippen molar-refractivity contribution in [2.24, 2.45) is 28.6 Å². The molecular formula is C27H35N3OS. The van der Waals surface area contributed by atoms with Crippen LogP contribution < -0.4 is 0 Å². The summed E-state index contributed by atoms with van der Waals surface area (Å²) in [4.78, 5) is 24.1. The molecule has 170 valence electrons. The lowest BCUT2D eigenvalue weighted by Gasteiger charge is -2.61. The van der Waals surface area contributed by atoms with Crippen molar-refractivity contribution in [3.8, 4) is 10.7 Å². The molecule has 3 heterocycles. The molecule has 3 aliphatic carbocycles. The number of likely N-dealkylation sites (tertiary alicyclic amines) is 1. The molecule has 0 spiro atoms. The summed E-state index contributed by atoms with van der Waals surface area (Å²) in [5.74, 6) is 3.32. The molecule has 2 aromatic heterocycles. The van der Waals surface area contributed by atoms with E-state index in [0.29, 0.717) is 28.7 Å². The number of carbonyl (C=O) groups excluding carboxylic acids is 1. The SMILES string of the molecule is CN1C(=O)CC[C@]2(C)[C@H]3CC[C@]4(C)[C@@H](c5csc(-c6ccccn6)n5)CC[C@H]4[C@@H]3CC[C@@H]12. The van der Waals surface area contributed by atoms with Crippen LogP contribution in [0.4, 0.5) is 0 Å². The highest BCUT2D eigenvalue weighted by Gasteiger charge is 2.61. The number of hydrogen-bond donors (Lipinski definition) is 0. The first-order valence-electron chi connectivity index (χ1n) is 12.5. The lowest BCUT2D eigenvalue weighted by molar-refractivity contribution is -0.157. The third-order valence-electron chi connectivity index (χ3n) is 10.3. The summed E-state index contributed by atoms with van der Waals surface area (Å²) in [5.41, 5.74) is 2.96. The smallest absolute Gasteiger partial charge is 0.222 e. The molecule has 0 bridgehead atoms. The van der Waals surface area contributed by atoms with Gasteiger partial charge in [-0.25, -0.2) is 4.98 Å². The van der Waals surface area contributed by atoms with Gasteiger partial charge >= 0.3 is 0 Å². The summed E-state index contributed by atoms with van der Waals surface area (Å²) >= 11 is 1.75. The highest BCUT2D eigenvalue weighted by atomic mass is 32.1. The number of aromatic nitrogens is 2. The van der Waals surface area contributed by atoms with Crippen LogP contribution in [-0.2, 0) is 4.79 Å². The van der Waals surface area contributed by atoms with Crippen LogP contribution in [0, 0.1) is 28.6 Å². The van der Waals surface area contributed by atoms with Gasteiger partial charge in [0.2, 0.25) is 5.91 Å². The minimum absolute atomic E-state index is 0.303. The van der Waals surface area contributed by atoms with Crippen molar-refractivity contribution < 1.29 is 4.79 Å². The van der Waals surface area contributed by atoms with E-state index >= 15 is 0 Å². The van der Waals surface area contributed by atoms with Crippen molar-refractivity contribution in [3.63, 3.8) is 0 Å². The van der Waals surface area contributed by atoms with Gasteiger partial charge in [-0.15, -0.1) is 11.3 Å². The van der Waals surface area contributed by atoms with Gasteiger partial charge in [-0.2, -0.15) is 0 Å². The highest BCUT2D eigenvalue weighted by Crippen LogP contribution is 2.67. The van der Waals surface area contributed by atoms with Crippen molar-refractivity contribution >= 4 is 17.2 Å². The standard InChI is InChI=1S/C27H35N3OS/c1-26-13-11-19-17(7-10-23-27(19,2)14-12-24(31)30(23)3)18(26)8-9-20(26)22-16-32-25(29-22)21-6-4-5-15-28-21/h4-6,15-20,23H,7-14H2,1-3H3/t17-,18-,19-,20+,23+,26-,27+/m0/s1. The van der Waals surface area contributed by atoms with E-state index in [-0.39, 0.29) is 0 Å². The largest absolute Gasteiger partial charge is 0.342 e. The summed E-state index contributed by atoms with van der Waals surface area (Å²) in [6.45, 7) is 5.10. The Balaban J connectivity index is 1.27. The Kier molecular flexibility index (Phi) is 4.80. The fourth-order valence-electron chi connectivity index (χ4n) is 8.69. The van der Waals surface area contributed by atoms with Crippen molar-refractivity contribution in [1.82, 2.24) is 14.9 Å². The van der Waals surface area contributed by atoms with Gasteiger partial charge in [0.05, 0.1) is 11.4 Å². The maximum absolute atomic E-state index is 12.4. The molecule has 0 aromatic carbocycles. The van der Waals surface area contributed by atoms with E-state index in [1.807, 2.05) is 18.3 Å². The zero-order chi connectivity index (χ0) is 22.1. The lowest BCUT2D eigenvalue weighted by Crippen LogP contribution is -2.61. The number of nitrogens with zero attached hydrogens (tertiary/aromatic N) is 3. The number of amides is 1. The number of thiazole rings is 1. The van der Waals surface area contributed by atoms with Gasteiger partial charge in [-0.1, -0.05) is 19.9 Å². The molecule has 1 aliphatic heterocycles. The number of pyridine rings is 1. The van der Waals surface area contributed by atoms with Crippen LogP contribution in [0.1, 0.15) is 76.8 Å². The van der Waals surface area contributed by atoms with Crippen LogP contribution in [0.25, 0.3) is 10.7 Å². The Morgan fingerprint density at radius 2 is 1.88 bits per heavy atom. The van der Waals surface area contributed by atoms with Gasteiger partial charge in [0, 0.05) is 37.0 Å². The van der Waals surface area contributed by atoms with Gasteiger partial charge in [0.1, 0.15) is 5.01 Å². The Morgan fingerprint density at radius 3 is 2.69 bits per heavy atom. The highest BCUT2D eigenvalue weighted by molar-refractivity contribution is 7.13. The molecular weight excluding hydrogens is 414 g/mol. The molecule has 5 heteroatoms. The number of fused-ring (bicyclic) bond motifs is 5. The monoisotopic (exact) mass is 449 g/mol. The van der Waals surface area contributed by atoms with Crippen molar-refractivity contribution in [2.45, 2.75) is 77.2 Å². The molecule has 4 fully saturated rings. The summed E-state index contributed by atoms with van der Waals surface area (Å²) in [7, 11) is 2.06. The number of carbonyl (C=O) groups is 1. The first kappa shape index (κ1) is 20.8. The number of hydrogen-bond acceptors (Lipinski definition) is 4. The van der Waals surface area contributed by atoms with E-state index in [9.17, 15) is 4.79 Å². The molecule has 32 heavy (non-hydrogen) atoms. The van der Waals surface area contributed by atoms with Crippen LogP contribution >= 0.6 is 11.3 Å². The Hall–Kier alpha value is -1.75.